The maximum atomic E-state index is 4.75. The number of rotatable bonds is 4. The molecular weight excluding hydrogens is 661 g/mol. The summed E-state index contributed by atoms with van der Waals surface area (Å²) in [5.74, 6) is 0.349. The van der Waals surface area contributed by atoms with Crippen LogP contribution in [0.25, 0.3) is 82.3 Å². The van der Waals surface area contributed by atoms with Crippen molar-refractivity contribution in [3.05, 3.63) is 193 Å². The molecule has 1 aliphatic heterocycles. The standard InChI is InChI=1S/C50H32N2S/c1-2-13-43-41(11-1)46-30-34(25-26-44(46)49-48(43)51-27-28-52-49)33-9-5-10-35(29-33)37-15-7-17-39-36(14-6-18-40(37)39)31-21-23-32(24-22-31)38-16-8-19-45-42-12-3-4-20-47(42)53-50(38)45/h1-30,38,50H. The van der Waals surface area contributed by atoms with E-state index in [2.05, 4.69) is 170 Å². The summed E-state index contributed by atoms with van der Waals surface area (Å²) in [4.78, 5) is 10.8. The van der Waals surface area contributed by atoms with Crippen molar-refractivity contribution in [2.24, 2.45) is 0 Å². The molecule has 11 rings (SSSR count). The van der Waals surface area contributed by atoms with Crippen molar-refractivity contribution < 1.29 is 0 Å². The number of thioether (sulfide) groups is 1. The molecular formula is C50H32N2S. The first kappa shape index (κ1) is 30.3. The molecule has 0 spiro atoms. The summed E-state index contributed by atoms with van der Waals surface area (Å²) in [6, 6.07) is 55.8. The monoisotopic (exact) mass is 692 g/mol. The Labute approximate surface area is 312 Å². The number of aromatic nitrogens is 2. The summed E-state index contributed by atoms with van der Waals surface area (Å²) in [5.41, 5.74) is 13.4. The molecule has 0 fully saturated rings. The molecule has 0 saturated heterocycles. The summed E-state index contributed by atoms with van der Waals surface area (Å²) in [6.07, 6.45) is 10.5. The van der Waals surface area contributed by atoms with Gasteiger partial charge in [0.05, 0.1) is 11.0 Å². The Morgan fingerprint density at radius 2 is 1.04 bits per heavy atom. The first-order valence-electron chi connectivity index (χ1n) is 18.2. The van der Waals surface area contributed by atoms with Gasteiger partial charge in [-0.3, -0.25) is 9.97 Å². The van der Waals surface area contributed by atoms with Gasteiger partial charge in [0.1, 0.15) is 0 Å². The van der Waals surface area contributed by atoms with E-state index in [0.717, 1.165) is 21.8 Å². The summed E-state index contributed by atoms with van der Waals surface area (Å²) in [7, 11) is 0. The molecule has 3 heteroatoms. The molecule has 0 bridgehead atoms. The number of hydrogen-bond donors (Lipinski definition) is 0. The zero-order valence-electron chi connectivity index (χ0n) is 28.8. The third kappa shape index (κ3) is 4.88. The van der Waals surface area contributed by atoms with Crippen LogP contribution < -0.4 is 0 Å². The van der Waals surface area contributed by atoms with Gasteiger partial charge in [0.15, 0.2) is 0 Å². The van der Waals surface area contributed by atoms with Crippen LogP contribution in [-0.2, 0) is 0 Å². The van der Waals surface area contributed by atoms with Crippen molar-refractivity contribution in [2.75, 3.05) is 0 Å². The molecule has 9 aromatic rings. The summed E-state index contributed by atoms with van der Waals surface area (Å²) >= 11 is 2.00. The maximum absolute atomic E-state index is 4.75. The molecule has 2 aliphatic rings. The van der Waals surface area contributed by atoms with Crippen molar-refractivity contribution in [3.8, 4) is 33.4 Å². The van der Waals surface area contributed by atoms with Crippen LogP contribution >= 0.6 is 11.8 Å². The molecule has 2 nitrogen and oxygen atoms in total. The van der Waals surface area contributed by atoms with Crippen LogP contribution in [-0.4, -0.2) is 15.2 Å². The minimum atomic E-state index is 0.349. The molecule has 8 aromatic carbocycles. The molecule has 248 valence electrons. The fraction of sp³-hybridized carbons (Fsp3) is 0.0400. The van der Waals surface area contributed by atoms with E-state index >= 15 is 0 Å². The quantitative estimate of drug-likeness (QED) is 0.172. The van der Waals surface area contributed by atoms with E-state index in [1.54, 1.807) is 12.4 Å². The van der Waals surface area contributed by atoms with Crippen molar-refractivity contribution in [1.29, 1.82) is 0 Å². The van der Waals surface area contributed by atoms with Gasteiger partial charge >= 0.3 is 0 Å². The number of fused-ring (bicyclic) bond motifs is 10. The van der Waals surface area contributed by atoms with Gasteiger partial charge in [-0.2, -0.15) is 0 Å². The van der Waals surface area contributed by atoms with Gasteiger partial charge in [-0.15, -0.1) is 11.8 Å². The predicted octanol–water partition coefficient (Wildman–Crippen LogP) is 13.3. The Morgan fingerprint density at radius 3 is 1.85 bits per heavy atom. The largest absolute Gasteiger partial charge is 0.252 e. The molecule has 1 aromatic heterocycles. The lowest BCUT2D eigenvalue weighted by Crippen LogP contribution is -2.14. The fourth-order valence-electron chi connectivity index (χ4n) is 8.65. The number of hydrogen-bond acceptors (Lipinski definition) is 3. The van der Waals surface area contributed by atoms with Gasteiger partial charge in [0.2, 0.25) is 0 Å². The van der Waals surface area contributed by atoms with Crippen LogP contribution in [0.2, 0.25) is 0 Å². The number of nitrogens with zero attached hydrogens (tertiary/aromatic N) is 2. The van der Waals surface area contributed by atoms with E-state index in [1.165, 1.54) is 76.5 Å². The van der Waals surface area contributed by atoms with Gasteiger partial charge in [0.25, 0.3) is 0 Å². The van der Waals surface area contributed by atoms with Crippen molar-refractivity contribution >= 4 is 60.7 Å². The molecule has 0 radical (unpaired) electrons. The molecule has 2 unspecified atom stereocenters. The Morgan fingerprint density at radius 1 is 0.434 bits per heavy atom. The lowest BCUT2D eigenvalue weighted by Gasteiger charge is -2.24. The molecule has 1 aliphatic carbocycles. The van der Waals surface area contributed by atoms with Crippen molar-refractivity contribution in [2.45, 2.75) is 16.1 Å². The number of allylic oxidation sites excluding steroid dienone is 3. The van der Waals surface area contributed by atoms with E-state index in [9.17, 15) is 0 Å². The normalized spacial score (nSPS) is 16.3. The third-order valence-corrected chi connectivity index (χ3v) is 12.6. The Kier molecular flexibility index (Phi) is 6.96. The molecule has 53 heavy (non-hydrogen) atoms. The van der Waals surface area contributed by atoms with Crippen molar-refractivity contribution in [3.63, 3.8) is 0 Å². The zero-order chi connectivity index (χ0) is 34.9. The minimum Gasteiger partial charge on any atom is -0.252 e. The van der Waals surface area contributed by atoms with E-state index < -0.39 is 0 Å². The average molecular weight is 693 g/mol. The highest BCUT2D eigenvalue weighted by Crippen LogP contribution is 2.52. The average Bonchev–Trinajstić information content (AvgIpc) is 3.62. The highest BCUT2D eigenvalue weighted by Gasteiger charge is 2.34. The number of benzene rings is 8. The van der Waals surface area contributed by atoms with Gasteiger partial charge < -0.3 is 0 Å². The molecule has 2 atom stereocenters. The highest BCUT2D eigenvalue weighted by molar-refractivity contribution is 8.01. The lowest BCUT2D eigenvalue weighted by atomic mass is 9.84. The fourth-order valence-corrected chi connectivity index (χ4v) is 10.1. The highest BCUT2D eigenvalue weighted by atomic mass is 32.2. The van der Waals surface area contributed by atoms with Gasteiger partial charge in [-0.25, -0.2) is 0 Å². The Hall–Kier alpha value is -6.29. The van der Waals surface area contributed by atoms with Gasteiger partial charge in [-0.05, 0) is 89.8 Å². The van der Waals surface area contributed by atoms with Gasteiger partial charge in [-0.1, -0.05) is 152 Å². The minimum absolute atomic E-state index is 0.349. The van der Waals surface area contributed by atoms with Crippen LogP contribution in [0.4, 0.5) is 0 Å². The van der Waals surface area contributed by atoms with Crippen LogP contribution in [0.5, 0.6) is 0 Å². The first-order valence-corrected chi connectivity index (χ1v) is 19.1. The second-order valence-electron chi connectivity index (χ2n) is 14.0. The van der Waals surface area contributed by atoms with E-state index in [-0.39, 0.29) is 0 Å². The van der Waals surface area contributed by atoms with Crippen LogP contribution in [0.15, 0.2) is 187 Å². The predicted molar refractivity (Wildman–Crippen MR) is 224 cm³/mol. The van der Waals surface area contributed by atoms with Crippen molar-refractivity contribution in [1.82, 2.24) is 9.97 Å². The first-order chi connectivity index (χ1) is 26.3. The van der Waals surface area contributed by atoms with Gasteiger partial charge in [0, 0.05) is 39.2 Å². The second-order valence-corrected chi connectivity index (χ2v) is 15.2. The Bertz CT molecular complexity index is 2960. The third-order valence-electron chi connectivity index (χ3n) is 11.2. The molecule has 0 amide bonds. The van der Waals surface area contributed by atoms with E-state index in [4.69, 9.17) is 9.97 Å². The van der Waals surface area contributed by atoms with Crippen LogP contribution in [0.3, 0.4) is 0 Å². The van der Waals surface area contributed by atoms with E-state index in [1.807, 2.05) is 11.8 Å². The smallest absolute Gasteiger partial charge is 0.0971 e. The van der Waals surface area contributed by atoms with Crippen LogP contribution in [0.1, 0.15) is 17.0 Å². The topological polar surface area (TPSA) is 25.8 Å². The van der Waals surface area contributed by atoms with E-state index in [0.29, 0.717) is 11.2 Å². The molecule has 2 heterocycles. The molecule has 0 N–H and O–H groups in total. The summed E-state index contributed by atoms with van der Waals surface area (Å²) in [5, 5.41) is 7.59. The maximum Gasteiger partial charge on any atom is 0.0971 e. The SMILES string of the molecule is C1=CC(c2ccc(-c3cccc4c(-c5cccc(-c6ccc7c(c6)c6ccccc6c6nccnc76)c5)cccc34)cc2)C2Sc3ccccc3C2=C1. The Balaban J connectivity index is 0.950. The van der Waals surface area contributed by atoms with Crippen LogP contribution in [0, 0.1) is 0 Å². The lowest BCUT2D eigenvalue weighted by molar-refractivity contribution is 0.891. The molecule has 0 saturated carbocycles. The summed E-state index contributed by atoms with van der Waals surface area (Å²) in [6.45, 7) is 0. The second kappa shape index (κ2) is 12.2. The zero-order valence-corrected chi connectivity index (χ0v) is 29.6. The summed E-state index contributed by atoms with van der Waals surface area (Å²) < 4.78 is 0.